The minimum atomic E-state index is -3.77. The molecule has 1 heterocycles. The number of amides is 1. The van der Waals surface area contributed by atoms with Crippen LogP contribution in [-0.2, 0) is 10.0 Å². The third-order valence-corrected chi connectivity index (χ3v) is 6.79. The van der Waals surface area contributed by atoms with Gasteiger partial charge in [0.2, 0.25) is 0 Å². The Morgan fingerprint density at radius 1 is 1.03 bits per heavy atom. The second-order valence-corrected chi connectivity index (χ2v) is 9.50. The number of ether oxygens (including phenoxy) is 1. The van der Waals surface area contributed by atoms with Gasteiger partial charge in [0.25, 0.3) is 15.9 Å². The maximum absolute atomic E-state index is 12.8. The number of methoxy groups -OCH3 is 1. The SMILES string of the molecule is COc1cc(NS(=O)(=O)c2cccc(C)c2)cc2sc(NC(=O)c3ccccc3)nc12. The van der Waals surface area contributed by atoms with Crippen LogP contribution < -0.4 is 14.8 Å². The highest BCUT2D eigenvalue weighted by Crippen LogP contribution is 2.36. The van der Waals surface area contributed by atoms with Crippen molar-refractivity contribution in [3.63, 3.8) is 0 Å². The van der Waals surface area contributed by atoms with Gasteiger partial charge >= 0.3 is 0 Å². The fraction of sp³-hybridized carbons (Fsp3) is 0.0909. The van der Waals surface area contributed by atoms with Crippen molar-refractivity contribution in [2.45, 2.75) is 11.8 Å². The number of sulfonamides is 1. The zero-order chi connectivity index (χ0) is 22.0. The Balaban J connectivity index is 1.65. The Morgan fingerprint density at radius 2 is 1.81 bits per heavy atom. The smallest absolute Gasteiger partial charge is 0.261 e. The van der Waals surface area contributed by atoms with Crippen molar-refractivity contribution >= 4 is 48.3 Å². The molecule has 3 aromatic carbocycles. The first kappa shape index (κ1) is 20.8. The Bertz CT molecular complexity index is 1370. The molecule has 0 aliphatic heterocycles. The van der Waals surface area contributed by atoms with Crippen LogP contribution in [0.1, 0.15) is 15.9 Å². The van der Waals surface area contributed by atoms with Gasteiger partial charge in [-0.15, -0.1) is 0 Å². The molecule has 0 fully saturated rings. The van der Waals surface area contributed by atoms with E-state index in [9.17, 15) is 13.2 Å². The first-order valence-electron chi connectivity index (χ1n) is 9.30. The molecule has 1 amide bonds. The Kier molecular flexibility index (Phi) is 5.62. The molecule has 0 aliphatic rings. The summed E-state index contributed by atoms with van der Waals surface area (Å²) in [6.45, 7) is 1.83. The van der Waals surface area contributed by atoms with Crippen LogP contribution in [0.4, 0.5) is 10.8 Å². The number of aromatic nitrogens is 1. The lowest BCUT2D eigenvalue weighted by Gasteiger charge is -2.10. The van der Waals surface area contributed by atoms with E-state index in [1.165, 1.54) is 24.5 Å². The van der Waals surface area contributed by atoms with E-state index in [4.69, 9.17) is 4.74 Å². The lowest BCUT2D eigenvalue weighted by Crippen LogP contribution is -2.13. The summed E-state index contributed by atoms with van der Waals surface area (Å²) in [6.07, 6.45) is 0. The van der Waals surface area contributed by atoms with E-state index < -0.39 is 10.0 Å². The lowest BCUT2D eigenvalue weighted by atomic mass is 10.2. The van der Waals surface area contributed by atoms with Gasteiger partial charge in [-0.2, -0.15) is 0 Å². The van der Waals surface area contributed by atoms with Crippen LogP contribution in [-0.4, -0.2) is 26.4 Å². The van der Waals surface area contributed by atoms with Gasteiger partial charge in [0.1, 0.15) is 11.3 Å². The molecule has 4 rings (SSSR count). The standard InChI is InChI=1S/C22H19N3O4S2/c1-14-7-6-10-17(11-14)31(27,28)25-16-12-18(29-2)20-19(13-16)30-22(23-20)24-21(26)15-8-4-3-5-9-15/h3-13,25H,1-2H3,(H,23,24,26). The molecule has 0 spiro atoms. The van der Waals surface area contributed by atoms with E-state index in [1.54, 1.807) is 48.5 Å². The van der Waals surface area contributed by atoms with Gasteiger partial charge in [0, 0.05) is 11.6 Å². The van der Waals surface area contributed by atoms with Crippen molar-refractivity contribution in [2.75, 3.05) is 17.1 Å². The predicted octanol–water partition coefficient (Wildman–Crippen LogP) is 4.67. The fourth-order valence-corrected chi connectivity index (χ4v) is 5.08. The number of aryl methyl sites for hydroxylation is 1. The maximum Gasteiger partial charge on any atom is 0.261 e. The van der Waals surface area contributed by atoms with Crippen LogP contribution in [0.5, 0.6) is 5.75 Å². The highest BCUT2D eigenvalue weighted by Gasteiger charge is 2.18. The Labute approximate surface area is 183 Å². The number of rotatable bonds is 6. The minimum absolute atomic E-state index is 0.173. The molecular weight excluding hydrogens is 434 g/mol. The van der Waals surface area contributed by atoms with Crippen LogP contribution >= 0.6 is 11.3 Å². The number of benzene rings is 3. The molecule has 31 heavy (non-hydrogen) atoms. The van der Waals surface area contributed by atoms with Gasteiger partial charge in [-0.3, -0.25) is 14.8 Å². The van der Waals surface area contributed by atoms with Crippen LogP contribution in [0.15, 0.2) is 71.6 Å². The summed E-state index contributed by atoms with van der Waals surface area (Å²) >= 11 is 1.23. The molecular formula is C22H19N3O4S2. The highest BCUT2D eigenvalue weighted by atomic mass is 32.2. The molecule has 0 bridgehead atoms. The summed E-state index contributed by atoms with van der Waals surface area (Å²) in [7, 11) is -2.29. The fourth-order valence-electron chi connectivity index (χ4n) is 3.02. The molecule has 158 valence electrons. The molecule has 0 saturated carbocycles. The van der Waals surface area contributed by atoms with E-state index in [-0.39, 0.29) is 10.8 Å². The topological polar surface area (TPSA) is 97.4 Å². The molecule has 2 N–H and O–H groups in total. The number of carbonyl (C=O) groups is 1. The largest absolute Gasteiger partial charge is 0.494 e. The first-order chi connectivity index (χ1) is 14.9. The molecule has 1 aromatic heterocycles. The summed E-state index contributed by atoms with van der Waals surface area (Å²) in [4.78, 5) is 17.0. The quantitative estimate of drug-likeness (QED) is 0.442. The third-order valence-electron chi connectivity index (χ3n) is 4.49. The molecule has 9 heteroatoms. The zero-order valence-corrected chi connectivity index (χ0v) is 18.4. The van der Waals surface area contributed by atoms with Crippen molar-refractivity contribution in [2.24, 2.45) is 0 Å². The van der Waals surface area contributed by atoms with E-state index in [0.717, 1.165) is 5.56 Å². The molecule has 0 saturated heterocycles. The van der Waals surface area contributed by atoms with Crippen molar-refractivity contribution < 1.29 is 17.9 Å². The summed E-state index contributed by atoms with van der Waals surface area (Å²) in [5.74, 6) is 0.120. The van der Waals surface area contributed by atoms with Gasteiger partial charge in [-0.25, -0.2) is 13.4 Å². The minimum Gasteiger partial charge on any atom is -0.494 e. The number of nitrogens with zero attached hydrogens (tertiary/aromatic N) is 1. The Hall–Kier alpha value is -3.43. The summed E-state index contributed by atoms with van der Waals surface area (Å²) in [6, 6.07) is 18.7. The van der Waals surface area contributed by atoms with Crippen LogP contribution in [0.3, 0.4) is 0 Å². The molecule has 4 aromatic rings. The number of nitrogens with one attached hydrogen (secondary N) is 2. The van der Waals surface area contributed by atoms with E-state index in [0.29, 0.717) is 32.3 Å². The van der Waals surface area contributed by atoms with Crippen LogP contribution in [0, 0.1) is 6.92 Å². The van der Waals surface area contributed by atoms with Gasteiger partial charge < -0.3 is 4.74 Å². The molecule has 0 atom stereocenters. The average molecular weight is 454 g/mol. The number of anilines is 2. The van der Waals surface area contributed by atoms with Crippen LogP contribution in [0.2, 0.25) is 0 Å². The number of hydrogen-bond donors (Lipinski definition) is 2. The average Bonchev–Trinajstić information content (AvgIpc) is 3.15. The van der Waals surface area contributed by atoms with Crippen molar-refractivity contribution in [3.8, 4) is 5.75 Å². The second-order valence-electron chi connectivity index (χ2n) is 6.79. The summed E-state index contributed by atoms with van der Waals surface area (Å²) in [5, 5.41) is 3.16. The monoisotopic (exact) mass is 453 g/mol. The normalized spacial score (nSPS) is 11.3. The maximum atomic E-state index is 12.8. The number of fused-ring (bicyclic) bond motifs is 1. The molecule has 0 unspecified atom stereocenters. The van der Waals surface area contributed by atoms with Gasteiger partial charge in [-0.1, -0.05) is 41.7 Å². The van der Waals surface area contributed by atoms with Gasteiger partial charge in [-0.05, 0) is 42.8 Å². The lowest BCUT2D eigenvalue weighted by molar-refractivity contribution is 0.102. The van der Waals surface area contributed by atoms with E-state index in [1.807, 2.05) is 19.1 Å². The second kappa shape index (κ2) is 8.37. The molecule has 7 nitrogen and oxygen atoms in total. The third kappa shape index (κ3) is 4.52. The van der Waals surface area contributed by atoms with Crippen molar-refractivity contribution in [1.82, 2.24) is 4.98 Å². The zero-order valence-electron chi connectivity index (χ0n) is 16.7. The Morgan fingerprint density at radius 3 is 2.52 bits per heavy atom. The summed E-state index contributed by atoms with van der Waals surface area (Å²) in [5.41, 5.74) is 2.24. The summed E-state index contributed by atoms with van der Waals surface area (Å²) < 4.78 is 34.2. The number of thiazole rings is 1. The van der Waals surface area contributed by atoms with E-state index in [2.05, 4.69) is 15.0 Å². The first-order valence-corrected chi connectivity index (χ1v) is 11.6. The van der Waals surface area contributed by atoms with E-state index >= 15 is 0 Å². The highest BCUT2D eigenvalue weighted by molar-refractivity contribution is 7.92. The van der Waals surface area contributed by atoms with Gasteiger partial charge in [0.15, 0.2) is 5.13 Å². The number of carbonyl (C=O) groups excluding carboxylic acids is 1. The van der Waals surface area contributed by atoms with Crippen molar-refractivity contribution in [3.05, 3.63) is 77.9 Å². The predicted molar refractivity (Wildman–Crippen MR) is 123 cm³/mol. The van der Waals surface area contributed by atoms with Gasteiger partial charge in [0.05, 0.1) is 22.4 Å². The molecule has 0 radical (unpaired) electrons. The molecule has 0 aliphatic carbocycles. The van der Waals surface area contributed by atoms with Crippen molar-refractivity contribution in [1.29, 1.82) is 0 Å². The van der Waals surface area contributed by atoms with Crippen LogP contribution in [0.25, 0.3) is 10.2 Å². The number of hydrogen-bond acceptors (Lipinski definition) is 6.